The molecule has 122 valence electrons. The van der Waals surface area contributed by atoms with Gasteiger partial charge in [0.1, 0.15) is 5.69 Å². The highest BCUT2D eigenvalue weighted by atomic mass is 16.5. The van der Waals surface area contributed by atoms with E-state index >= 15 is 0 Å². The van der Waals surface area contributed by atoms with E-state index in [9.17, 15) is 4.79 Å². The molecule has 0 bridgehead atoms. The Morgan fingerprint density at radius 1 is 1.35 bits per heavy atom. The first-order valence-corrected chi connectivity index (χ1v) is 7.76. The van der Waals surface area contributed by atoms with Gasteiger partial charge in [-0.3, -0.25) is 9.78 Å². The van der Waals surface area contributed by atoms with E-state index in [2.05, 4.69) is 15.0 Å². The molecule has 1 unspecified atom stereocenters. The van der Waals surface area contributed by atoms with Gasteiger partial charge < -0.3 is 14.2 Å². The van der Waals surface area contributed by atoms with Gasteiger partial charge in [-0.15, -0.1) is 0 Å². The zero-order valence-corrected chi connectivity index (χ0v) is 13.7. The quantitative estimate of drug-likeness (QED) is 0.845. The summed E-state index contributed by atoms with van der Waals surface area (Å²) in [5.41, 5.74) is 3.25. The molecule has 7 heteroatoms. The molecule has 1 aliphatic heterocycles. The number of aromatic nitrogens is 4. The van der Waals surface area contributed by atoms with Crippen LogP contribution in [0.3, 0.4) is 0 Å². The smallest absolute Gasteiger partial charge is 0.274 e. The Hall–Kier alpha value is -2.28. The van der Waals surface area contributed by atoms with Crippen LogP contribution < -0.4 is 0 Å². The molecular weight excluding hydrogens is 294 g/mol. The van der Waals surface area contributed by atoms with Crippen molar-refractivity contribution in [3.8, 4) is 0 Å². The lowest BCUT2D eigenvalue weighted by Crippen LogP contribution is -2.47. The van der Waals surface area contributed by atoms with E-state index in [0.29, 0.717) is 25.5 Å². The van der Waals surface area contributed by atoms with Crippen LogP contribution in [-0.4, -0.2) is 49.6 Å². The summed E-state index contributed by atoms with van der Waals surface area (Å²) in [7, 11) is 1.98. The van der Waals surface area contributed by atoms with Gasteiger partial charge in [-0.1, -0.05) is 0 Å². The minimum Gasteiger partial charge on any atom is -0.380 e. The van der Waals surface area contributed by atoms with Gasteiger partial charge in [0, 0.05) is 32.0 Å². The van der Waals surface area contributed by atoms with E-state index in [1.807, 2.05) is 25.5 Å². The van der Waals surface area contributed by atoms with E-state index < -0.39 is 0 Å². The average Bonchev–Trinajstić information content (AvgIpc) is 2.92. The van der Waals surface area contributed by atoms with Crippen molar-refractivity contribution < 1.29 is 9.53 Å². The van der Waals surface area contributed by atoms with Crippen molar-refractivity contribution in [3.63, 3.8) is 0 Å². The fourth-order valence-electron chi connectivity index (χ4n) is 2.81. The summed E-state index contributed by atoms with van der Waals surface area (Å²) in [5.74, 6) is -0.126. The number of carbonyl (C=O) groups excluding carboxylic acids is 1. The molecule has 1 atom stereocenters. The molecule has 23 heavy (non-hydrogen) atoms. The number of hydrogen-bond donors (Lipinski definition) is 0. The van der Waals surface area contributed by atoms with Gasteiger partial charge in [-0.05, 0) is 13.8 Å². The standard InChI is InChI=1S/C16H21N5O2/c1-4-23-9-12-5-15-14(19-10-20(15)3)8-21(12)16(22)13-7-17-11(2)6-18-13/h6-7,10,12H,4-5,8-9H2,1-3H3. The number of amides is 1. The predicted octanol–water partition coefficient (Wildman–Crippen LogP) is 1.12. The molecular formula is C16H21N5O2. The molecule has 7 nitrogen and oxygen atoms in total. The molecule has 3 rings (SSSR count). The van der Waals surface area contributed by atoms with Gasteiger partial charge in [0.15, 0.2) is 0 Å². The van der Waals surface area contributed by atoms with Crippen LogP contribution in [0, 0.1) is 6.92 Å². The number of nitrogens with zero attached hydrogens (tertiary/aromatic N) is 5. The number of ether oxygens (including phenoxy) is 1. The fraction of sp³-hybridized carbons (Fsp3) is 0.500. The molecule has 1 amide bonds. The monoisotopic (exact) mass is 315 g/mol. The summed E-state index contributed by atoms with van der Waals surface area (Å²) in [5, 5.41) is 0. The molecule has 0 saturated carbocycles. The fourth-order valence-corrected chi connectivity index (χ4v) is 2.81. The molecule has 0 aliphatic carbocycles. The lowest BCUT2D eigenvalue weighted by atomic mass is 10.0. The molecule has 0 N–H and O–H groups in total. The zero-order chi connectivity index (χ0) is 16.4. The molecule has 2 aromatic heterocycles. The second kappa shape index (κ2) is 6.45. The number of rotatable bonds is 4. The molecule has 0 saturated heterocycles. The summed E-state index contributed by atoms with van der Waals surface area (Å²) >= 11 is 0. The van der Waals surface area contributed by atoms with Gasteiger partial charge in [-0.2, -0.15) is 0 Å². The van der Waals surface area contributed by atoms with Crippen LogP contribution in [0.2, 0.25) is 0 Å². The maximum atomic E-state index is 12.8. The molecule has 0 radical (unpaired) electrons. The molecule has 0 aromatic carbocycles. The Morgan fingerprint density at radius 2 is 2.17 bits per heavy atom. The first kappa shape index (κ1) is 15.6. The van der Waals surface area contributed by atoms with Crippen LogP contribution in [0.25, 0.3) is 0 Å². The maximum absolute atomic E-state index is 12.8. The lowest BCUT2D eigenvalue weighted by molar-refractivity contribution is 0.0382. The average molecular weight is 315 g/mol. The van der Waals surface area contributed by atoms with Gasteiger partial charge in [0.2, 0.25) is 0 Å². The van der Waals surface area contributed by atoms with Crippen LogP contribution in [-0.2, 0) is 24.8 Å². The maximum Gasteiger partial charge on any atom is 0.274 e. The lowest BCUT2D eigenvalue weighted by Gasteiger charge is -2.35. The van der Waals surface area contributed by atoms with E-state index in [-0.39, 0.29) is 11.9 Å². The largest absolute Gasteiger partial charge is 0.380 e. The van der Waals surface area contributed by atoms with Crippen LogP contribution in [0.1, 0.15) is 34.5 Å². The van der Waals surface area contributed by atoms with E-state index in [1.54, 1.807) is 17.4 Å². The minimum absolute atomic E-state index is 0.0200. The Bertz CT molecular complexity index is 695. The van der Waals surface area contributed by atoms with Crippen molar-refractivity contribution in [2.75, 3.05) is 13.2 Å². The van der Waals surface area contributed by atoms with Gasteiger partial charge >= 0.3 is 0 Å². The Balaban J connectivity index is 1.87. The SMILES string of the molecule is CCOCC1Cc2c(ncn2C)CN1C(=O)c1cnc(C)cn1. The summed E-state index contributed by atoms with van der Waals surface area (Å²) in [4.78, 5) is 27.4. The number of fused-ring (bicyclic) bond motifs is 1. The molecule has 0 spiro atoms. The third-order valence-corrected chi connectivity index (χ3v) is 4.11. The van der Waals surface area contributed by atoms with E-state index in [4.69, 9.17) is 4.74 Å². The van der Waals surface area contributed by atoms with Crippen LogP contribution >= 0.6 is 0 Å². The summed E-state index contributed by atoms with van der Waals surface area (Å²) in [6.07, 6.45) is 5.67. The molecule has 2 aromatic rings. The van der Waals surface area contributed by atoms with Crippen LogP contribution in [0.5, 0.6) is 0 Å². The third kappa shape index (κ3) is 3.10. The van der Waals surface area contributed by atoms with E-state index in [1.165, 1.54) is 6.20 Å². The van der Waals surface area contributed by atoms with Gasteiger partial charge in [0.05, 0.1) is 43.1 Å². The van der Waals surface area contributed by atoms with Crippen molar-refractivity contribution in [3.05, 3.63) is 41.5 Å². The van der Waals surface area contributed by atoms with E-state index in [0.717, 1.165) is 23.5 Å². The Labute approximate surface area is 135 Å². The van der Waals surface area contributed by atoms with Crippen molar-refractivity contribution in [1.29, 1.82) is 0 Å². The third-order valence-electron chi connectivity index (χ3n) is 4.11. The van der Waals surface area contributed by atoms with Crippen LogP contribution in [0.4, 0.5) is 0 Å². The summed E-state index contributed by atoms with van der Waals surface area (Å²) in [6, 6.07) is -0.0200. The molecule has 3 heterocycles. The second-order valence-electron chi connectivity index (χ2n) is 5.74. The number of aryl methyl sites for hydroxylation is 2. The Kier molecular flexibility index (Phi) is 4.38. The Morgan fingerprint density at radius 3 is 2.87 bits per heavy atom. The number of carbonyl (C=O) groups is 1. The summed E-state index contributed by atoms with van der Waals surface area (Å²) < 4.78 is 7.60. The first-order valence-electron chi connectivity index (χ1n) is 7.76. The minimum atomic E-state index is -0.126. The number of hydrogen-bond acceptors (Lipinski definition) is 5. The first-order chi connectivity index (χ1) is 11.1. The normalized spacial score (nSPS) is 17.2. The highest BCUT2D eigenvalue weighted by Gasteiger charge is 2.33. The van der Waals surface area contributed by atoms with Gasteiger partial charge in [-0.25, -0.2) is 9.97 Å². The highest BCUT2D eigenvalue weighted by Crippen LogP contribution is 2.23. The molecule has 1 aliphatic rings. The van der Waals surface area contributed by atoms with Crippen molar-refractivity contribution in [2.24, 2.45) is 7.05 Å². The number of imidazole rings is 1. The van der Waals surface area contributed by atoms with Crippen molar-refractivity contribution in [2.45, 2.75) is 32.9 Å². The topological polar surface area (TPSA) is 73.1 Å². The van der Waals surface area contributed by atoms with Crippen LogP contribution in [0.15, 0.2) is 18.7 Å². The second-order valence-corrected chi connectivity index (χ2v) is 5.74. The zero-order valence-electron chi connectivity index (χ0n) is 13.7. The van der Waals surface area contributed by atoms with Crippen molar-refractivity contribution in [1.82, 2.24) is 24.4 Å². The van der Waals surface area contributed by atoms with Crippen molar-refractivity contribution >= 4 is 5.91 Å². The predicted molar refractivity (Wildman–Crippen MR) is 83.8 cm³/mol. The highest BCUT2D eigenvalue weighted by molar-refractivity contribution is 5.92. The molecule has 0 fully saturated rings. The summed E-state index contributed by atoms with van der Waals surface area (Å²) in [6.45, 7) is 5.41. The van der Waals surface area contributed by atoms with Gasteiger partial charge in [0.25, 0.3) is 5.91 Å².